The number of allylic oxidation sites excluding steroid dienone is 8. The van der Waals surface area contributed by atoms with Crippen molar-refractivity contribution in [3.63, 3.8) is 0 Å². The third-order valence-electron chi connectivity index (χ3n) is 11.7. The predicted molar refractivity (Wildman–Crippen MR) is 266 cm³/mol. The molecular formula is C55H100NO7+. The number of unbranched alkanes of at least 4 members (excludes halogenated alkanes) is 25. The van der Waals surface area contributed by atoms with Crippen molar-refractivity contribution in [1.82, 2.24) is 0 Å². The van der Waals surface area contributed by atoms with Crippen LogP contribution in [0.4, 0.5) is 0 Å². The standard InChI is InChI=1S/C55H99NO7/c1-6-8-10-12-14-16-18-20-22-24-25-26-27-28-30-31-33-35-37-39-41-43-45-53(57)62-50-51(49-61-48-47-52(55(59)60)56(3,4)5)63-54(58)46-44-42-40-38-36-34-32-29-23-21-19-17-15-13-11-9-7-2/h21,23,27-28,32,34,38,40,51-52H,6-20,22,24-26,29-31,33,35-37,39,41-50H2,1-5H3/p+1/b23-21+,28-27+,34-32+,40-38+. The van der Waals surface area contributed by atoms with Gasteiger partial charge in [-0.05, 0) is 70.6 Å². The van der Waals surface area contributed by atoms with Crippen LogP contribution in [0.15, 0.2) is 48.6 Å². The van der Waals surface area contributed by atoms with Gasteiger partial charge in [-0.1, -0.05) is 191 Å². The number of quaternary nitrogens is 1. The Bertz CT molecular complexity index is 1170. The highest BCUT2D eigenvalue weighted by Gasteiger charge is 2.31. The summed E-state index contributed by atoms with van der Waals surface area (Å²) in [5.74, 6) is -1.53. The Morgan fingerprint density at radius 1 is 0.476 bits per heavy atom. The molecular weight excluding hydrogens is 787 g/mol. The van der Waals surface area contributed by atoms with Gasteiger partial charge in [-0.25, -0.2) is 4.79 Å². The molecule has 0 aromatic rings. The van der Waals surface area contributed by atoms with E-state index in [1.807, 2.05) is 21.1 Å². The van der Waals surface area contributed by atoms with Crippen LogP contribution < -0.4 is 0 Å². The molecule has 0 aliphatic carbocycles. The monoisotopic (exact) mass is 887 g/mol. The molecule has 0 aliphatic heterocycles. The summed E-state index contributed by atoms with van der Waals surface area (Å²) in [5, 5.41) is 9.65. The Hall–Kier alpha value is -2.71. The molecule has 0 aromatic heterocycles. The second kappa shape index (κ2) is 45.8. The Kier molecular flexibility index (Phi) is 43.9. The smallest absolute Gasteiger partial charge is 0.362 e. The second-order valence-corrected chi connectivity index (χ2v) is 18.8. The number of carbonyl (C=O) groups excluding carboxylic acids is 2. The third-order valence-corrected chi connectivity index (χ3v) is 11.7. The molecule has 0 heterocycles. The fourth-order valence-corrected chi connectivity index (χ4v) is 7.63. The average Bonchev–Trinajstić information content (AvgIpc) is 3.24. The lowest BCUT2D eigenvalue weighted by Crippen LogP contribution is -2.50. The molecule has 0 bridgehead atoms. The summed E-state index contributed by atoms with van der Waals surface area (Å²) in [4.78, 5) is 37.1. The Balaban J connectivity index is 4.28. The number of carboxylic acids is 1. The normalized spacial score (nSPS) is 13.2. The van der Waals surface area contributed by atoms with Crippen LogP contribution >= 0.6 is 0 Å². The lowest BCUT2D eigenvalue weighted by atomic mass is 10.0. The van der Waals surface area contributed by atoms with Gasteiger partial charge in [-0.15, -0.1) is 0 Å². The van der Waals surface area contributed by atoms with Crippen LogP contribution in [0.2, 0.25) is 0 Å². The predicted octanol–water partition coefficient (Wildman–Crippen LogP) is 15.1. The van der Waals surface area contributed by atoms with Crippen molar-refractivity contribution in [2.45, 2.75) is 244 Å². The summed E-state index contributed by atoms with van der Waals surface area (Å²) >= 11 is 0. The maximum Gasteiger partial charge on any atom is 0.362 e. The highest BCUT2D eigenvalue weighted by Crippen LogP contribution is 2.15. The van der Waals surface area contributed by atoms with Crippen LogP contribution in [-0.2, 0) is 28.6 Å². The molecule has 366 valence electrons. The number of hydrogen-bond donors (Lipinski definition) is 1. The molecule has 0 spiro atoms. The number of nitrogens with zero attached hydrogens (tertiary/aromatic N) is 1. The minimum atomic E-state index is -0.882. The Labute approximate surface area is 388 Å². The average molecular weight is 887 g/mol. The van der Waals surface area contributed by atoms with Crippen molar-refractivity contribution in [2.24, 2.45) is 0 Å². The number of carbonyl (C=O) groups is 3. The molecule has 0 amide bonds. The van der Waals surface area contributed by atoms with Crippen molar-refractivity contribution < 1.29 is 38.2 Å². The Morgan fingerprint density at radius 2 is 0.857 bits per heavy atom. The summed E-state index contributed by atoms with van der Waals surface area (Å²) in [6.07, 6.45) is 56.0. The van der Waals surface area contributed by atoms with Gasteiger partial charge in [0, 0.05) is 19.3 Å². The first kappa shape index (κ1) is 60.3. The summed E-state index contributed by atoms with van der Waals surface area (Å²) < 4.78 is 17.3. The molecule has 0 saturated carbocycles. The first-order valence-corrected chi connectivity index (χ1v) is 26.2. The first-order valence-electron chi connectivity index (χ1n) is 26.2. The van der Waals surface area contributed by atoms with Gasteiger partial charge in [0.25, 0.3) is 0 Å². The molecule has 0 aliphatic rings. The van der Waals surface area contributed by atoms with Gasteiger partial charge in [0.2, 0.25) is 0 Å². The van der Waals surface area contributed by atoms with Gasteiger partial charge in [-0.2, -0.15) is 0 Å². The zero-order valence-electron chi connectivity index (χ0n) is 41.8. The zero-order chi connectivity index (χ0) is 46.3. The summed E-state index contributed by atoms with van der Waals surface area (Å²) in [7, 11) is 5.52. The maximum absolute atomic E-state index is 12.8. The van der Waals surface area contributed by atoms with Gasteiger partial charge in [0.15, 0.2) is 12.1 Å². The molecule has 63 heavy (non-hydrogen) atoms. The van der Waals surface area contributed by atoms with Crippen molar-refractivity contribution in [3.05, 3.63) is 48.6 Å². The van der Waals surface area contributed by atoms with E-state index in [1.54, 1.807) is 0 Å². The second-order valence-electron chi connectivity index (χ2n) is 18.8. The van der Waals surface area contributed by atoms with Crippen molar-refractivity contribution in [3.8, 4) is 0 Å². The number of aliphatic carboxylic acids is 1. The van der Waals surface area contributed by atoms with Crippen LogP contribution in [-0.4, -0.2) is 80.6 Å². The van der Waals surface area contributed by atoms with E-state index in [-0.39, 0.29) is 42.7 Å². The quantitative estimate of drug-likeness (QED) is 0.0281. The molecule has 0 saturated heterocycles. The molecule has 0 fully saturated rings. The minimum Gasteiger partial charge on any atom is -0.477 e. The Morgan fingerprint density at radius 3 is 1.30 bits per heavy atom. The van der Waals surface area contributed by atoms with Crippen molar-refractivity contribution >= 4 is 17.9 Å². The van der Waals surface area contributed by atoms with Crippen molar-refractivity contribution in [2.75, 3.05) is 41.0 Å². The van der Waals surface area contributed by atoms with Crippen LogP contribution in [0.25, 0.3) is 0 Å². The van der Waals surface area contributed by atoms with Crippen LogP contribution in [0.1, 0.15) is 232 Å². The number of ether oxygens (including phenoxy) is 3. The largest absolute Gasteiger partial charge is 0.477 e. The lowest BCUT2D eigenvalue weighted by molar-refractivity contribution is -0.887. The van der Waals surface area contributed by atoms with Gasteiger partial charge >= 0.3 is 17.9 Å². The SMILES string of the molecule is CCCCCCCC/C=C/C/C=C/C/C=C/CCCC(=O)OC(COCCC(C(=O)O)[N+](C)(C)C)COC(=O)CCCCCCCCC/C=C/CCCCCCCCCCCCC. The maximum atomic E-state index is 12.8. The lowest BCUT2D eigenvalue weighted by Gasteiger charge is -2.31. The van der Waals surface area contributed by atoms with Gasteiger partial charge < -0.3 is 23.8 Å². The van der Waals surface area contributed by atoms with E-state index in [0.717, 1.165) is 38.5 Å². The van der Waals surface area contributed by atoms with Crippen LogP contribution in [0.5, 0.6) is 0 Å². The van der Waals surface area contributed by atoms with Crippen molar-refractivity contribution in [1.29, 1.82) is 0 Å². The number of likely N-dealkylation sites (N-methyl/N-ethyl adjacent to an activating group) is 1. The van der Waals surface area contributed by atoms with Crippen LogP contribution in [0, 0.1) is 0 Å². The number of hydrogen-bond acceptors (Lipinski definition) is 6. The van der Waals surface area contributed by atoms with E-state index < -0.39 is 18.1 Å². The van der Waals surface area contributed by atoms with Crippen LogP contribution in [0.3, 0.4) is 0 Å². The first-order chi connectivity index (χ1) is 30.6. The fraction of sp³-hybridized carbons (Fsp3) is 0.800. The zero-order valence-corrected chi connectivity index (χ0v) is 41.8. The highest BCUT2D eigenvalue weighted by atomic mass is 16.6. The topological polar surface area (TPSA) is 99.1 Å². The van der Waals surface area contributed by atoms with E-state index in [4.69, 9.17) is 14.2 Å². The van der Waals surface area contributed by atoms with E-state index in [9.17, 15) is 19.5 Å². The fourth-order valence-electron chi connectivity index (χ4n) is 7.63. The molecule has 0 aromatic carbocycles. The summed E-state index contributed by atoms with van der Waals surface area (Å²) in [6.45, 7) is 4.70. The van der Waals surface area contributed by atoms with E-state index >= 15 is 0 Å². The molecule has 2 unspecified atom stereocenters. The highest BCUT2D eigenvalue weighted by molar-refractivity contribution is 5.72. The van der Waals surface area contributed by atoms with E-state index in [2.05, 4.69) is 62.5 Å². The molecule has 8 heteroatoms. The molecule has 0 radical (unpaired) electrons. The number of carboxylic acid groups (broad SMARTS) is 1. The minimum absolute atomic E-state index is 0.0398. The van der Waals surface area contributed by atoms with E-state index in [1.165, 1.54) is 154 Å². The van der Waals surface area contributed by atoms with E-state index in [0.29, 0.717) is 19.3 Å². The van der Waals surface area contributed by atoms with Gasteiger partial charge in [-0.3, -0.25) is 9.59 Å². The molecule has 2 atom stereocenters. The third kappa shape index (κ3) is 44.3. The molecule has 0 rings (SSSR count). The summed E-state index contributed by atoms with van der Waals surface area (Å²) in [6, 6.07) is -0.625. The number of esters is 2. The molecule has 8 nitrogen and oxygen atoms in total. The molecule has 1 N–H and O–H groups in total. The number of rotatable bonds is 47. The van der Waals surface area contributed by atoms with Gasteiger partial charge in [0.1, 0.15) is 6.61 Å². The summed E-state index contributed by atoms with van der Waals surface area (Å²) in [5.41, 5.74) is 0. The van der Waals surface area contributed by atoms with Gasteiger partial charge in [0.05, 0.1) is 34.4 Å².